The normalized spacial score (nSPS) is 31.2. The lowest BCUT2D eigenvalue weighted by Crippen LogP contribution is -2.48. The topological polar surface area (TPSA) is 64.9 Å². The van der Waals surface area contributed by atoms with Crippen LogP contribution in [0.1, 0.15) is 65.1 Å². The minimum absolute atomic E-state index is 0.0950. The van der Waals surface area contributed by atoms with Gasteiger partial charge in [-0.25, -0.2) is 0 Å². The molecule has 0 unspecified atom stereocenters. The molecule has 4 nitrogen and oxygen atoms in total. The minimum atomic E-state index is -0.0950. The number of hydrogen-bond donors (Lipinski definition) is 1. The van der Waals surface area contributed by atoms with Crippen molar-refractivity contribution >= 4 is 0 Å². The molecule has 1 aromatic heterocycles. The number of hydrogen-bond acceptors (Lipinski definition) is 4. The van der Waals surface area contributed by atoms with Crippen molar-refractivity contribution in [3.63, 3.8) is 0 Å². The first kappa shape index (κ1) is 13.5. The third kappa shape index (κ3) is 2.18. The van der Waals surface area contributed by atoms with E-state index in [9.17, 15) is 0 Å². The van der Waals surface area contributed by atoms with E-state index in [1.807, 2.05) is 0 Å². The molecule has 102 valence electrons. The molecule has 4 heteroatoms. The van der Waals surface area contributed by atoms with Gasteiger partial charge in [-0.05, 0) is 31.1 Å². The van der Waals surface area contributed by atoms with Crippen LogP contribution < -0.4 is 5.73 Å². The van der Waals surface area contributed by atoms with Gasteiger partial charge in [-0.15, -0.1) is 0 Å². The Hall–Kier alpha value is -0.900. The van der Waals surface area contributed by atoms with E-state index in [1.54, 1.807) is 0 Å². The summed E-state index contributed by atoms with van der Waals surface area (Å²) in [5.41, 5.74) is 6.41. The molecule has 0 saturated heterocycles. The molecule has 0 bridgehead atoms. The summed E-state index contributed by atoms with van der Waals surface area (Å²) in [5, 5.41) is 4.09. The molecule has 1 heterocycles. The maximum Gasteiger partial charge on any atom is 0.229 e. The number of rotatable bonds is 3. The Labute approximate surface area is 109 Å². The smallest absolute Gasteiger partial charge is 0.229 e. The lowest BCUT2D eigenvalue weighted by Gasteiger charge is -2.38. The standard InChI is InChI=1S/C14H25N3O/c1-9(2)12-16-11(17-18-12)8-10-6-7-14(5,15)13(10,3)4/h9-10H,6-8,15H2,1-5H3/t10-,14-/m0/s1. The summed E-state index contributed by atoms with van der Waals surface area (Å²) in [6.45, 7) is 10.8. The molecule has 1 aliphatic rings. The van der Waals surface area contributed by atoms with E-state index in [2.05, 4.69) is 44.8 Å². The van der Waals surface area contributed by atoms with Gasteiger partial charge in [0.2, 0.25) is 5.89 Å². The summed E-state index contributed by atoms with van der Waals surface area (Å²) in [6.07, 6.45) is 3.08. The highest BCUT2D eigenvalue weighted by Gasteiger charge is 2.49. The maximum atomic E-state index is 6.39. The molecule has 0 spiro atoms. The summed E-state index contributed by atoms with van der Waals surface area (Å²) in [5.74, 6) is 2.39. The van der Waals surface area contributed by atoms with E-state index in [4.69, 9.17) is 10.3 Å². The van der Waals surface area contributed by atoms with Gasteiger partial charge in [0.1, 0.15) is 0 Å². The Morgan fingerprint density at radius 2 is 2.06 bits per heavy atom. The van der Waals surface area contributed by atoms with Crippen LogP contribution in [0.15, 0.2) is 4.52 Å². The van der Waals surface area contributed by atoms with Gasteiger partial charge in [-0.3, -0.25) is 0 Å². The molecular weight excluding hydrogens is 226 g/mol. The van der Waals surface area contributed by atoms with Crippen LogP contribution in [-0.4, -0.2) is 15.7 Å². The third-order valence-corrected chi connectivity index (χ3v) is 4.91. The van der Waals surface area contributed by atoms with Crippen molar-refractivity contribution in [2.75, 3.05) is 0 Å². The summed E-state index contributed by atoms with van der Waals surface area (Å²) >= 11 is 0. The van der Waals surface area contributed by atoms with Gasteiger partial charge in [-0.1, -0.05) is 32.9 Å². The van der Waals surface area contributed by atoms with Crippen LogP contribution in [0.5, 0.6) is 0 Å². The van der Waals surface area contributed by atoms with E-state index in [-0.39, 0.29) is 11.0 Å². The van der Waals surface area contributed by atoms with Crippen LogP contribution in [0.2, 0.25) is 0 Å². The molecule has 0 radical (unpaired) electrons. The largest absolute Gasteiger partial charge is 0.339 e. The fourth-order valence-corrected chi connectivity index (χ4v) is 2.79. The molecule has 0 amide bonds. The van der Waals surface area contributed by atoms with Gasteiger partial charge in [0.25, 0.3) is 0 Å². The van der Waals surface area contributed by atoms with E-state index in [0.29, 0.717) is 11.8 Å². The van der Waals surface area contributed by atoms with Crippen molar-refractivity contribution in [1.82, 2.24) is 10.1 Å². The van der Waals surface area contributed by atoms with Gasteiger partial charge in [0.15, 0.2) is 5.82 Å². The van der Waals surface area contributed by atoms with Crippen molar-refractivity contribution < 1.29 is 4.52 Å². The fourth-order valence-electron chi connectivity index (χ4n) is 2.79. The minimum Gasteiger partial charge on any atom is -0.339 e. The second kappa shape index (κ2) is 4.34. The molecule has 18 heavy (non-hydrogen) atoms. The summed E-state index contributed by atoms with van der Waals surface area (Å²) in [4.78, 5) is 4.47. The van der Waals surface area contributed by atoms with Gasteiger partial charge in [0, 0.05) is 17.9 Å². The van der Waals surface area contributed by atoms with E-state index < -0.39 is 0 Å². The van der Waals surface area contributed by atoms with E-state index in [1.165, 1.54) is 0 Å². The van der Waals surface area contributed by atoms with Crippen molar-refractivity contribution in [3.05, 3.63) is 11.7 Å². The maximum absolute atomic E-state index is 6.39. The first-order valence-corrected chi connectivity index (χ1v) is 6.85. The zero-order valence-electron chi connectivity index (χ0n) is 12.2. The molecule has 1 aromatic rings. The monoisotopic (exact) mass is 251 g/mol. The predicted octanol–water partition coefficient (Wildman–Crippen LogP) is 2.89. The van der Waals surface area contributed by atoms with Crippen molar-refractivity contribution in [2.24, 2.45) is 17.1 Å². The average Bonchev–Trinajstić information content (AvgIpc) is 2.78. The number of aromatic nitrogens is 2. The number of nitrogens with zero attached hydrogens (tertiary/aromatic N) is 2. The molecular formula is C14H25N3O. The fraction of sp³-hybridized carbons (Fsp3) is 0.857. The van der Waals surface area contributed by atoms with E-state index in [0.717, 1.165) is 31.0 Å². The molecule has 1 saturated carbocycles. The lowest BCUT2D eigenvalue weighted by atomic mass is 9.71. The molecule has 2 rings (SSSR count). The third-order valence-electron chi connectivity index (χ3n) is 4.91. The molecule has 0 aliphatic heterocycles. The highest BCUT2D eigenvalue weighted by molar-refractivity contribution is 5.06. The van der Waals surface area contributed by atoms with Crippen LogP contribution in [0.25, 0.3) is 0 Å². The second-order valence-electron chi connectivity index (χ2n) is 6.78. The van der Waals surface area contributed by atoms with E-state index >= 15 is 0 Å². The Morgan fingerprint density at radius 1 is 1.39 bits per heavy atom. The Bertz CT molecular complexity index is 420. The predicted molar refractivity (Wildman–Crippen MR) is 71.2 cm³/mol. The van der Waals surface area contributed by atoms with Crippen LogP contribution >= 0.6 is 0 Å². The van der Waals surface area contributed by atoms with Crippen LogP contribution in [0.3, 0.4) is 0 Å². The van der Waals surface area contributed by atoms with Gasteiger partial charge in [0.05, 0.1) is 0 Å². The quantitative estimate of drug-likeness (QED) is 0.897. The van der Waals surface area contributed by atoms with Gasteiger partial charge in [-0.2, -0.15) is 4.98 Å². The van der Waals surface area contributed by atoms with Crippen LogP contribution in [0.4, 0.5) is 0 Å². The lowest BCUT2D eigenvalue weighted by molar-refractivity contribution is 0.162. The first-order valence-electron chi connectivity index (χ1n) is 6.85. The molecule has 2 N–H and O–H groups in total. The van der Waals surface area contributed by atoms with Gasteiger partial charge >= 0.3 is 0 Å². The Morgan fingerprint density at radius 3 is 2.50 bits per heavy atom. The molecule has 1 fully saturated rings. The molecule has 2 atom stereocenters. The highest BCUT2D eigenvalue weighted by atomic mass is 16.5. The summed E-state index contributed by atoms with van der Waals surface area (Å²) < 4.78 is 5.26. The summed E-state index contributed by atoms with van der Waals surface area (Å²) in [6, 6.07) is 0. The van der Waals surface area contributed by atoms with Crippen molar-refractivity contribution in [2.45, 2.75) is 65.3 Å². The average molecular weight is 251 g/mol. The zero-order chi connectivity index (χ0) is 13.6. The Balaban J connectivity index is 2.10. The highest BCUT2D eigenvalue weighted by Crippen LogP contribution is 2.49. The SMILES string of the molecule is CC(C)c1nc(C[C@@H]2CC[C@](C)(N)C2(C)C)no1. The van der Waals surface area contributed by atoms with Crippen molar-refractivity contribution in [1.29, 1.82) is 0 Å². The van der Waals surface area contributed by atoms with Crippen LogP contribution in [-0.2, 0) is 6.42 Å². The first-order chi connectivity index (χ1) is 8.24. The molecule has 1 aliphatic carbocycles. The van der Waals surface area contributed by atoms with Crippen molar-refractivity contribution in [3.8, 4) is 0 Å². The van der Waals surface area contributed by atoms with Crippen LogP contribution in [0, 0.1) is 11.3 Å². The molecule has 0 aromatic carbocycles. The Kier molecular flexibility index (Phi) is 3.26. The zero-order valence-corrected chi connectivity index (χ0v) is 12.2. The number of nitrogens with two attached hydrogens (primary N) is 1. The summed E-state index contributed by atoms with van der Waals surface area (Å²) in [7, 11) is 0. The van der Waals surface area contributed by atoms with Gasteiger partial charge < -0.3 is 10.3 Å². The second-order valence-corrected chi connectivity index (χ2v) is 6.78.